The highest BCUT2D eigenvalue weighted by Gasteiger charge is 2.25. The summed E-state index contributed by atoms with van der Waals surface area (Å²) in [7, 11) is 0. The number of hydrogen-bond donors (Lipinski definition) is 3. The third-order valence-electron chi connectivity index (χ3n) is 3.54. The van der Waals surface area contributed by atoms with Crippen LogP contribution in [-0.4, -0.2) is 39.8 Å². The number of aromatic nitrogens is 1. The van der Waals surface area contributed by atoms with E-state index >= 15 is 0 Å². The minimum Gasteiger partial charge on any atom is -0.409 e. The fraction of sp³-hybridized carbons (Fsp3) is 0.538. The van der Waals surface area contributed by atoms with Crippen molar-refractivity contribution in [3.05, 3.63) is 24.0 Å². The van der Waals surface area contributed by atoms with Crippen LogP contribution >= 0.6 is 0 Å². The standard InChI is InChI=1S/C13H20N4O2/c1-13(18)4-2-7-17(8-5-13)10-3-6-15-11(9-10)12(14)16-19/h3,6,9,18-19H,2,4-5,7-8H2,1H3,(H2,14,16). The number of pyridine rings is 1. The van der Waals surface area contributed by atoms with Crippen LogP contribution in [0, 0.1) is 0 Å². The van der Waals surface area contributed by atoms with Crippen molar-refractivity contribution in [1.82, 2.24) is 4.98 Å². The first kappa shape index (κ1) is 13.6. The maximum absolute atomic E-state index is 10.1. The van der Waals surface area contributed by atoms with Gasteiger partial charge in [-0.05, 0) is 38.3 Å². The molecular formula is C13H20N4O2. The highest BCUT2D eigenvalue weighted by Crippen LogP contribution is 2.25. The van der Waals surface area contributed by atoms with Crippen LogP contribution in [0.5, 0.6) is 0 Å². The molecule has 0 aromatic carbocycles. The van der Waals surface area contributed by atoms with E-state index in [0.29, 0.717) is 5.69 Å². The number of aliphatic hydroxyl groups is 1. The van der Waals surface area contributed by atoms with Crippen LogP contribution in [0.4, 0.5) is 5.69 Å². The Morgan fingerprint density at radius 1 is 1.47 bits per heavy atom. The molecule has 19 heavy (non-hydrogen) atoms. The quantitative estimate of drug-likeness (QED) is 0.319. The number of rotatable bonds is 2. The number of anilines is 1. The maximum atomic E-state index is 10.1. The molecule has 1 aromatic heterocycles. The Hall–Kier alpha value is -1.82. The summed E-state index contributed by atoms with van der Waals surface area (Å²) in [6.45, 7) is 3.55. The number of nitrogens with two attached hydrogens (primary N) is 1. The summed E-state index contributed by atoms with van der Waals surface area (Å²) in [6.07, 6.45) is 4.12. The van der Waals surface area contributed by atoms with E-state index in [4.69, 9.17) is 10.9 Å². The molecule has 1 unspecified atom stereocenters. The number of hydrogen-bond acceptors (Lipinski definition) is 5. The Bertz CT molecular complexity index is 473. The molecule has 0 spiro atoms. The molecule has 6 heteroatoms. The predicted molar refractivity (Wildman–Crippen MR) is 73.4 cm³/mol. The van der Waals surface area contributed by atoms with Gasteiger partial charge in [-0.2, -0.15) is 0 Å². The van der Waals surface area contributed by atoms with Gasteiger partial charge < -0.3 is 20.9 Å². The Balaban J connectivity index is 2.18. The number of amidine groups is 1. The highest BCUT2D eigenvalue weighted by atomic mass is 16.4. The minimum absolute atomic E-state index is 0.00340. The molecule has 0 saturated carbocycles. The lowest BCUT2D eigenvalue weighted by atomic mass is 9.98. The van der Waals surface area contributed by atoms with Crippen molar-refractivity contribution in [2.45, 2.75) is 31.8 Å². The van der Waals surface area contributed by atoms with Crippen LogP contribution in [0.3, 0.4) is 0 Å². The average molecular weight is 264 g/mol. The first-order chi connectivity index (χ1) is 9.02. The molecule has 1 aromatic rings. The lowest BCUT2D eigenvalue weighted by Crippen LogP contribution is -2.28. The molecular weight excluding hydrogens is 244 g/mol. The van der Waals surface area contributed by atoms with Crippen molar-refractivity contribution < 1.29 is 10.3 Å². The van der Waals surface area contributed by atoms with Gasteiger partial charge in [-0.15, -0.1) is 0 Å². The molecule has 4 N–H and O–H groups in total. The van der Waals surface area contributed by atoms with Crippen LogP contribution in [0.25, 0.3) is 0 Å². The molecule has 2 rings (SSSR count). The molecule has 1 atom stereocenters. The van der Waals surface area contributed by atoms with Crippen molar-refractivity contribution >= 4 is 11.5 Å². The maximum Gasteiger partial charge on any atom is 0.188 e. The molecule has 1 aliphatic heterocycles. The zero-order valence-electron chi connectivity index (χ0n) is 11.1. The first-order valence-corrected chi connectivity index (χ1v) is 6.43. The van der Waals surface area contributed by atoms with E-state index in [-0.39, 0.29) is 5.84 Å². The lowest BCUT2D eigenvalue weighted by molar-refractivity contribution is 0.0481. The Kier molecular flexibility index (Phi) is 3.90. The van der Waals surface area contributed by atoms with Gasteiger partial charge in [0.2, 0.25) is 0 Å². The highest BCUT2D eigenvalue weighted by molar-refractivity contribution is 5.95. The molecule has 0 bridgehead atoms. The van der Waals surface area contributed by atoms with Gasteiger partial charge in [0, 0.05) is 25.0 Å². The second-order valence-corrected chi connectivity index (χ2v) is 5.22. The van der Waals surface area contributed by atoms with E-state index < -0.39 is 5.60 Å². The van der Waals surface area contributed by atoms with E-state index in [2.05, 4.69) is 15.0 Å². The second kappa shape index (κ2) is 5.44. The Morgan fingerprint density at radius 3 is 3.00 bits per heavy atom. The van der Waals surface area contributed by atoms with Gasteiger partial charge in [0.15, 0.2) is 5.84 Å². The SMILES string of the molecule is CC1(O)CCCN(c2ccnc(/C(N)=N/O)c2)CC1. The summed E-state index contributed by atoms with van der Waals surface area (Å²) in [5.41, 5.74) is 6.39. The van der Waals surface area contributed by atoms with Gasteiger partial charge in [-0.3, -0.25) is 4.98 Å². The summed E-state index contributed by atoms with van der Waals surface area (Å²) in [4.78, 5) is 6.26. The molecule has 1 fully saturated rings. The second-order valence-electron chi connectivity index (χ2n) is 5.22. The van der Waals surface area contributed by atoms with Crippen LogP contribution in [0.2, 0.25) is 0 Å². The molecule has 6 nitrogen and oxygen atoms in total. The Labute approximate surface area is 112 Å². The topological polar surface area (TPSA) is 95.0 Å². The molecule has 104 valence electrons. The summed E-state index contributed by atoms with van der Waals surface area (Å²) >= 11 is 0. The molecule has 0 amide bonds. The van der Waals surface area contributed by atoms with Gasteiger partial charge in [0.1, 0.15) is 5.69 Å². The van der Waals surface area contributed by atoms with Crippen LogP contribution < -0.4 is 10.6 Å². The summed E-state index contributed by atoms with van der Waals surface area (Å²) in [5.74, 6) is 0.00340. The van der Waals surface area contributed by atoms with E-state index in [0.717, 1.165) is 38.0 Å². The number of nitrogens with zero attached hydrogens (tertiary/aromatic N) is 3. The number of oxime groups is 1. The summed E-state index contributed by atoms with van der Waals surface area (Å²) in [5, 5.41) is 21.7. The normalized spacial score (nSPS) is 25.2. The fourth-order valence-electron chi connectivity index (χ4n) is 2.33. The molecule has 2 heterocycles. The lowest BCUT2D eigenvalue weighted by Gasteiger charge is -2.24. The van der Waals surface area contributed by atoms with E-state index in [1.807, 2.05) is 13.0 Å². The minimum atomic E-state index is -0.587. The molecule has 0 aliphatic carbocycles. The van der Waals surface area contributed by atoms with Gasteiger partial charge >= 0.3 is 0 Å². The first-order valence-electron chi connectivity index (χ1n) is 6.43. The van der Waals surface area contributed by atoms with Crippen LogP contribution in [0.1, 0.15) is 31.9 Å². The third-order valence-corrected chi connectivity index (χ3v) is 3.54. The van der Waals surface area contributed by atoms with Gasteiger partial charge in [0.25, 0.3) is 0 Å². The average Bonchev–Trinajstić information content (AvgIpc) is 2.59. The molecule has 1 saturated heterocycles. The smallest absolute Gasteiger partial charge is 0.188 e. The van der Waals surface area contributed by atoms with Crippen LogP contribution in [-0.2, 0) is 0 Å². The third kappa shape index (κ3) is 3.35. The van der Waals surface area contributed by atoms with Crippen molar-refractivity contribution in [3.63, 3.8) is 0 Å². The monoisotopic (exact) mass is 264 g/mol. The van der Waals surface area contributed by atoms with Crippen LogP contribution in [0.15, 0.2) is 23.5 Å². The fourth-order valence-corrected chi connectivity index (χ4v) is 2.33. The Morgan fingerprint density at radius 2 is 2.26 bits per heavy atom. The van der Waals surface area contributed by atoms with E-state index in [1.165, 1.54) is 0 Å². The van der Waals surface area contributed by atoms with E-state index in [9.17, 15) is 5.11 Å². The zero-order chi connectivity index (χ0) is 13.9. The van der Waals surface area contributed by atoms with Crippen molar-refractivity contribution in [3.8, 4) is 0 Å². The van der Waals surface area contributed by atoms with Gasteiger partial charge in [-0.1, -0.05) is 5.16 Å². The van der Waals surface area contributed by atoms with Crippen molar-refractivity contribution in [2.75, 3.05) is 18.0 Å². The molecule has 1 aliphatic rings. The summed E-state index contributed by atoms with van der Waals surface area (Å²) in [6, 6.07) is 3.70. The van der Waals surface area contributed by atoms with Crippen molar-refractivity contribution in [1.29, 1.82) is 0 Å². The summed E-state index contributed by atoms with van der Waals surface area (Å²) < 4.78 is 0. The van der Waals surface area contributed by atoms with Crippen molar-refractivity contribution in [2.24, 2.45) is 10.9 Å². The van der Waals surface area contributed by atoms with Gasteiger partial charge in [-0.25, -0.2) is 0 Å². The largest absolute Gasteiger partial charge is 0.409 e. The molecule has 0 radical (unpaired) electrons. The zero-order valence-corrected chi connectivity index (χ0v) is 11.1. The predicted octanol–water partition coefficient (Wildman–Crippen LogP) is 0.917. The van der Waals surface area contributed by atoms with Gasteiger partial charge in [0.05, 0.1) is 5.60 Å². The van der Waals surface area contributed by atoms with E-state index in [1.54, 1.807) is 12.3 Å².